The van der Waals surface area contributed by atoms with E-state index in [1.807, 2.05) is 17.0 Å². The van der Waals surface area contributed by atoms with Crippen LogP contribution in [0.25, 0.3) is 0 Å². The number of ether oxygens (including phenoxy) is 1. The van der Waals surface area contributed by atoms with Crippen molar-refractivity contribution in [3.8, 4) is 0 Å². The van der Waals surface area contributed by atoms with Crippen molar-refractivity contribution in [2.75, 3.05) is 31.6 Å². The number of hydrogen-bond donors (Lipinski definition) is 1. The second-order valence-electron chi connectivity index (χ2n) is 6.35. The number of hydrogen-bond acceptors (Lipinski definition) is 3. The van der Waals surface area contributed by atoms with Crippen molar-refractivity contribution in [3.63, 3.8) is 0 Å². The lowest BCUT2D eigenvalue weighted by Gasteiger charge is -2.32. The van der Waals surface area contributed by atoms with Gasteiger partial charge in [0.25, 0.3) is 0 Å². The highest BCUT2D eigenvalue weighted by molar-refractivity contribution is 6.34. The van der Waals surface area contributed by atoms with Gasteiger partial charge in [0.2, 0.25) is 5.91 Å². The van der Waals surface area contributed by atoms with Crippen LogP contribution in [-0.2, 0) is 15.7 Å². The molecule has 3 rings (SSSR count). The van der Waals surface area contributed by atoms with E-state index >= 15 is 0 Å². The molecule has 1 unspecified atom stereocenters. The van der Waals surface area contributed by atoms with E-state index in [0.29, 0.717) is 24.7 Å². The van der Waals surface area contributed by atoms with Crippen molar-refractivity contribution in [1.29, 1.82) is 0 Å². The number of alkyl halides is 3. The average molecular weight is 433 g/mol. The number of halogens is 5. The van der Waals surface area contributed by atoms with Crippen LogP contribution in [0, 0.1) is 0 Å². The number of anilines is 1. The average Bonchev–Trinajstić information content (AvgIpc) is 2.63. The van der Waals surface area contributed by atoms with E-state index in [1.54, 1.807) is 12.1 Å². The maximum absolute atomic E-state index is 13.2. The Hall–Kier alpha value is -1.80. The van der Waals surface area contributed by atoms with Gasteiger partial charge < -0.3 is 10.1 Å². The first kappa shape index (κ1) is 20.9. The fourth-order valence-electron chi connectivity index (χ4n) is 2.99. The molecule has 2 aromatic rings. The largest absolute Gasteiger partial charge is 0.418 e. The number of nitrogens with zero attached hydrogens (tertiary/aromatic N) is 1. The topological polar surface area (TPSA) is 41.6 Å². The summed E-state index contributed by atoms with van der Waals surface area (Å²) in [5.74, 6) is -0.574. The molecule has 0 radical (unpaired) electrons. The van der Waals surface area contributed by atoms with E-state index in [1.165, 1.54) is 12.1 Å². The molecule has 0 aromatic heterocycles. The third kappa shape index (κ3) is 5.17. The molecule has 150 valence electrons. The number of benzene rings is 2. The van der Waals surface area contributed by atoms with Crippen LogP contribution in [0.15, 0.2) is 42.5 Å². The van der Waals surface area contributed by atoms with Gasteiger partial charge in [-0.15, -0.1) is 0 Å². The number of carbonyl (C=O) groups excluding carboxylic acids is 1. The smallest absolute Gasteiger partial charge is 0.371 e. The van der Waals surface area contributed by atoms with Gasteiger partial charge in [0.05, 0.1) is 35.5 Å². The Morgan fingerprint density at radius 1 is 1.18 bits per heavy atom. The van der Waals surface area contributed by atoms with Crippen LogP contribution in [0.3, 0.4) is 0 Å². The Balaban J connectivity index is 1.66. The molecule has 28 heavy (non-hydrogen) atoms. The van der Waals surface area contributed by atoms with Crippen molar-refractivity contribution < 1.29 is 22.7 Å². The molecule has 1 aliphatic heterocycles. The van der Waals surface area contributed by atoms with Gasteiger partial charge in [-0.1, -0.05) is 41.4 Å². The molecule has 1 fully saturated rings. The second-order valence-corrected chi connectivity index (χ2v) is 7.20. The van der Waals surface area contributed by atoms with Gasteiger partial charge in [-0.2, -0.15) is 13.2 Å². The lowest BCUT2D eigenvalue weighted by Crippen LogP contribution is -2.42. The van der Waals surface area contributed by atoms with Gasteiger partial charge in [-0.25, -0.2) is 0 Å². The van der Waals surface area contributed by atoms with Gasteiger partial charge in [0, 0.05) is 18.1 Å². The summed E-state index contributed by atoms with van der Waals surface area (Å²) in [7, 11) is 0. The van der Waals surface area contributed by atoms with Crippen molar-refractivity contribution in [2.45, 2.75) is 12.3 Å². The summed E-state index contributed by atoms with van der Waals surface area (Å²) in [6.45, 7) is 1.26. The molecule has 1 amide bonds. The number of carbonyl (C=O) groups is 1. The maximum atomic E-state index is 13.2. The number of amides is 1. The third-order valence-corrected chi connectivity index (χ3v) is 4.91. The van der Waals surface area contributed by atoms with Gasteiger partial charge in [0.1, 0.15) is 0 Å². The van der Waals surface area contributed by atoms with Crippen LogP contribution in [0.5, 0.6) is 0 Å². The summed E-state index contributed by atoms with van der Waals surface area (Å²) in [5.41, 5.74) is -0.487. The minimum Gasteiger partial charge on any atom is -0.371 e. The van der Waals surface area contributed by atoms with Crippen LogP contribution >= 0.6 is 23.2 Å². The number of nitrogens with one attached hydrogen (secondary N) is 1. The molecular formula is C19H17Cl2F3N2O2. The Morgan fingerprint density at radius 3 is 2.57 bits per heavy atom. The lowest BCUT2D eigenvalue weighted by molar-refractivity contribution is -0.137. The fourth-order valence-corrected chi connectivity index (χ4v) is 3.34. The molecule has 2 aromatic carbocycles. The molecule has 9 heteroatoms. The molecule has 0 aliphatic carbocycles. The van der Waals surface area contributed by atoms with Crippen LogP contribution in [0.4, 0.5) is 18.9 Å². The van der Waals surface area contributed by atoms with Gasteiger partial charge in [-0.3, -0.25) is 9.69 Å². The lowest BCUT2D eigenvalue weighted by atomic mass is 10.1. The zero-order chi connectivity index (χ0) is 20.3. The summed E-state index contributed by atoms with van der Waals surface area (Å²) in [6, 6.07) is 10.6. The SMILES string of the molecule is O=C(CN1CCOC(c2ccc(Cl)cc2)C1)Nc1c(Cl)cccc1C(F)(F)F. The van der Waals surface area contributed by atoms with Crippen LogP contribution in [-0.4, -0.2) is 37.0 Å². The number of morpholine rings is 1. The summed E-state index contributed by atoms with van der Waals surface area (Å²) in [4.78, 5) is 14.2. The zero-order valence-corrected chi connectivity index (χ0v) is 16.1. The van der Waals surface area contributed by atoms with Crippen LogP contribution in [0.1, 0.15) is 17.2 Å². The third-order valence-electron chi connectivity index (χ3n) is 4.34. The van der Waals surface area contributed by atoms with Crippen molar-refractivity contribution in [3.05, 3.63) is 63.6 Å². The number of para-hydroxylation sites is 1. The molecule has 4 nitrogen and oxygen atoms in total. The minimum absolute atomic E-state index is 0.0734. The highest BCUT2D eigenvalue weighted by Crippen LogP contribution is 2.38. The molecular weight excluding hydrogens is 416 g/mol. The molecule has 1 saturated heterocycles. The minimum atomic E-state index is -4.62. The van der Waals surface area contributed by atoms with E-state index in [2.05, 4.69) is 5.32 Å². The first-order valence-corrected chi connectivity index (χ1v) is 9.24. The summed E-state index contributed by atoms with van der Waals surface area (Å²) in [5, 5.41) is 2.75. The van der Waals surface area contributed by atoms with E-state index < -0.39 is 23.3 Å². The molecule has 1 N–H and O–H groups in total. The van der Waals surface area contributed by atoms with Crippen molar-refractivity contribution in [1.82, 2.24) is 4.90 Å². The molecule has 1 aliphatic rings. The van der Waals surface area contributed by atoms with Gasteiger partial charge in [0.15, 0.2) is 0 Å². The first-order valence-electron chi connectivity index (χ1n) is 8.49. The Bertz CT molecular complexity index is 844. The normalized spacial score (nSPS) is 18.1. The quantitative estimate of drug-likeness (QED) is 0.736. The van der Waals surface area contributed by atoms with E-state index in [9.17, 15) is 18.0 Å². The molecule has 0 spiro atoms. The molecule has 1 atom stereocenters. The van der Waals surface area contributed by atoms with Gasteiger partial charge in [-0.05, 0) is 29.8 Å². The Morgan fingerprint density at radius 2 is 1.89 bits per heavy atom. The standard InChI is InChI=1S/C19H17Cl2F3N2O2/c20-13-6-4-12(5-7-13)16-10-26(8-9-28-16)11-17(27)25-18-14(19(22,23)24)2-1-3-15(18)21/h1-7,16H,8-11H2,(H,25,27). The second kappa shape index (κ2) is 8.69. The van der Waals surface area contributed by atoms with Crippen LogP contribution < -0.4 is 5.32 Å². The molecule has 1 heterocycles. The molecule has 0 bridgehead atoms. The zero-order valence-electron chi connectivity index (χ0n) is 14.6. The van der Waals surface area contributed by atoms with E-state index in [4.69, 9.17) is 27.9 Å². The van der Waals surface area contributed by atoms with E-state index in [-0.39, 0.29) is 17.7 Å². The van der Waals surface area contributed by atoms with E-state index in [0.717, 1.165) is 11.6 Å². The first-order chi connectivity index (χ1) is 13.2. The van der Waals surface area contributed by atoms with Crippen molar-refractivity contribution in [2.24, 2.45) is 0 Å². The summed E-state index contributed by atoms with van der Waals surface area (Å²) in [6.07, 6.45) is -4.86. The predicted octanol–water partition coefficient (Wildman–Crippen LogP) is 5.02. The van der Waals surface area contributed by atoms with Crippen LogP contribution in [0.2, 0.25) is 10.0 Å². The monoisotopic (exact) mass is 432 g/mol. The highest BCUT2D eigenvalue weighted by atomic mass is 35.5. The fraction of sp³-hybridized carbons (Fsp3) is 0.316. The maximum Gasteiger partial charge on any atom is 0.418 e. The van der Waals surface area contributed by atoms with Gasteiger partial charge >= 0.3 is 6.18 Å². The highest BCUT2D eigenvalue weighted by Gasteiger charge is 2.35. The van der Waals surface area contributed by atoms with Crippen molar-refractivity contribution >= 4 is 34.8 Å². The Kier molecular flexibility index (Phi) is 6.50. The number of rotatable bonds is 4. The summed E-state index contributed by atoms with van der Waals surface area (Å²) >= 11 is 11.8. The predicted molar refractivity (Wildman–Crippen MR) is 102 cm³/mol. The Labute approximate surface area is 170 Å². The molecule has 0 saturated carbocycles. The summed E-state index contributed by atoms with van der Waals surface area (Å²) < 4.78 is 45.2.